The van der Waals surface area contributed by atoms with Gasteiger partial charge >= 0.3 is 0 Å². The molecule has 0 unspecified atom stereocenters. The lowest BCUT2D eigenvalue weighted by Gasteiger charge is -2.26. The van der Waals surface area contributed by atoms with Gasteiger partial charge in [-0.1, -0.05) is 59.1 Å². The molecule has 128 valence electrons. The average molecular weight is 392 g/mol. The monoisotopic (exact) mass is 390 g/mol. The first-order chi connectivity index (χ1) is 12.0. The van der Waals surface area contributed by atoms with Crippen molar-refractivity contribution in [2.75, 3.05) is 10.6 Å². The summed E-state index contributed by atoms with van der Waals surface area (Å²) >= 11 is 18.7. The van der Waals surface area contributed by atoms with Crippen molar-refractivity contribution in [2.24, 2.45) is 0 Å². The van der Waals surface area contributed by atoms with Gasteiger partial charge in [0, 0.05) is 28.8 Å². The van der Waals surface area contributed by atoms with Gasteiger partial charge in [-0.05, 0) is 53.6 Å². The molecule has 0 aromatic heterocycles. The highest BCUT2D eigenvalue weighted by atomic mass is 35.5. The van der Waals surface area contributed by atoms with Crippen LogP contribution in [0.15, 0.2) is 66.7 Å². The zero-order valence-corrected chi connectivity index (χ0v) is 15.7. The second kappa shape index (κ2) is 8.01. The van der Waals surface area contributed by atoms with Gasteiger partial charge in [-0.25, -0.2) is 0 Å². The lowest BCUT2D eigenvalue weighted by Crippen LogP contribution is -2.22. The molecule has 0 bridgehead atoms. The van der Waals surface area contributed by atoms with Crippen molar-refractivity contribution in [1.29, 1.82) is 0 Å². The van der Waals surface area contributed by atoms with Gasteiger partial charge in [-0.15, -0.1) is 0 Å². The SMILES string of the molecule is Nc1ccc(N(Cc2cccc(Cl)c2)Cc2cccc(Cl)c2)c(Cl)c1. The number of nitrogen functional groups attached to an aromatic ring is 1. The Balaban J connectivity index is 1.95. The highest BCUT2D eigenvalue weighted by Gasteiger charge is 2.13. The van der Waals surface area contributed by atoms with Crippen LogP contribution < -0.4 is 10.6 Å². The maximum absolute atomic E-state index is 6.45. The topological polar surface area (TPSA) is 29.3 Å². The summed E-state index contributed by atoms with van der Waals surface area (Å²) in [5, 5.41) is 2.04. The van der Waals surface area contributed by atoms with Gasteiger partial charge in [0.25, 0.3) is 0 Å². The normalized spacial score (nSPS) is 10.7. The summed E-state index contributed by atoms with van der Waals surface area (Å²) in [5.74, 6) is 0. The van der Waals surface area contributed by atoms with Crippen molar-refractivity contribution in [3.63, 3.8) is 0 Å². The molecule has 0 saturated carbocycles. The summed E-state index contributed by atoms with van der Waals surface area (Å²) in [6.45, 7) is 1.33. The zero-order chi connectivity index (χ0) is 17.8. The van der Waals surface area contributed by atoms with Crippen LogP contribution in [0, 0.1) is 0 Å². The lowest BCUT2D eigenvalue weighted by molar-refractivity contribution is 0.800. The molecule has 0 saturated heterocycles. The van der Waals surface area contributed by atoms with Crippen LogP contribution in [-0.4, -0.2) is 0 Å². The third kappa shape index (κ3) is 4.82. The number of rotatable bonds is 5. The van der Waals surface area contributed by atoms with Gasteiger partial charge in [0.2, 0.25) is 0 Å². The number of anilines is 2. The molecule has 0 aliphatic heterocycles. The third-order valence-electron chi connectivity index (χ3n) is 3.84. The molecule has 2 nitrogen and oxygen atoms in total. The van der Waals surface area contributed by atoms with E-state index in [2.05, 4.69) is 4.90 Å². The summed E-state index contributed by atoms with van der Waals surface area (Å²) in [4.78, 5) is 2.18. The molecule has 0 aliphatic rings. The fourth-order valence-corrected chi connectivity index (χ4v) is 3.45. The molecule has 0 atom stereocenters. The second-order valence-corrected chi connectivity index (χ2v) is 7.11. The first kappa shape index (κ1) is 17.9. The first-order valence-corrected chi connectivity index (χ1v) is 8.93. The molecular weight excluding hydrogens is 375 g/mol. The van der Waals surface area contributed by atoms with Crippen molar-refractivity contribution in [1.82, 2.24) is 0 Å². The van der Waals surface area contributed by atoms with E-state index in [1.165, 1.54) is 0 Å². The lowest BCUT2D eigenvalue weighted by atomic mass is 10.1. The van der Waals surface area contributed by atoms with Crippen LogP contribution in [0.3, 0.4) is 0 Å². The Kier molecular flexibility index (Phi) is 5.74. The van der Waals surface area contributed by atoms with Gasteiger partial charge < -0.3 is 10.6 Å². The van der Waals surface area contributed by atoms with Crippen molar-refractivity contribution in [2.45, 2.75) is 13.1 Å². The van der Waals surface area contributed by atoms with E-state index in [0.717, 1.165) is 16.8 Å². The zero-order valence-electron chi connectivity index (χ0n) is 13.4. The molecule has 0 radical (unpaired) electrons. The van der Waals surface area contributed by atoms with E-state index in [-0.39, 0.29) is 0 Å². The Labute approximate surface area is 162 Å². The standard InChI is InChI=1S/C20H17Cl3N2/c21-16-5-1-3-14(9-16)12-25(13-15-4-2-6-17(22)10-15)20-8-7-18(24)11-19(20)23/h1-11H,12-13,24H2. The van der Waals surface area contributed by atoms with Crippen molar-refractivity contribution >= 4 is 46.2 Å². The predicted molar refractivity (Wildman–Crippen MR) is 109 cm³/mol. The molecule has 0 aliphatic carbocycles. The fourth-order valence-electron chi connectivity index (χ4n) is 2.72. The molecule has 25 heavy (non-hydrogen) atoms. The smallest absolute Gasteiger partial charge is 0.0660 e. The van der Waals surface area contributed by atoms with Gasteiger partial charge in [-0.3, -0.25) is 0 Å². The number of nitrogens with two attached hydrogens (primary N) is 1. The average Bonchev–Trinajstić information content (AvgIpc) is 2.54. The quantitative estimate of drug-likeness (QED) is 0.507. The van der Waals surface area contributed by atoms with Crippen LogP contribution in [-0.2, 0) is 13.1 Å². The number of hydrogen-bond donors (Lipinski definition) is 1. The highest BCUT2D eigenvalue weighted by Crippen LogP contribution is 2.31. The van der Waals surface area contributed by atoms with Crippen LogP contribution >= 0.6 is 34.8 Å². The van der Waals surface area contributed by atoms with Crippen molar-refractivity contribution in [3.8, 4) is 0 Å². The summed E-state index contributed by atoms with van der Waals surface area (Å²) in [6, 6.07) is 21.2. The summed E-state index contributed by atoms with van der Waals surface area (Å²) in [5.41, 5.74) is 9.58. The predicted octanol–water partition coefficient (Wildman–Crippen LogP) is 6.44. The highest BCUT2D eigenvalue weighted by molar-refractivity contribution is 6.33. The maximum Gasteiger partial charge on any atom is 0.0660 e. The molecule has 0 fully saturated rings. The first-order valence-electron chi connectivity index (χ1n) is 7.80. The van der Waals surface area contributed by atoms with Gasteiger partial charge in [0.05, 0.1) is 10.7 Å². The summed E-state index contributed by atoms with van der Waals surface area (Å²) < 4.78 is 0. The van der Waals surface area contributed by atoms with E-state index in [0.29, 0.717) is 33.8 Å². The maximum atomic E-state index is 6.45. The van der Waals surface area contributed by atoms with Crippen LogP contribution in [0.25, 0.3) is 0 Å². The molecule has 0 amide bonds. The van der Waals surface area contributed by atoms with Gasteiger partial charge in [0.15, 0.2) is 0 Å². The molecule has 2 N–H and O–H groups in total. The van der Waals surface area contributed by atoms with E-state index >= 15 is 0 Å². The molecule has 0 heterocycles. The molecule has 0 spiro atoms. The number of benzene rings is 3. The Bertz CT molecular complexity index is 833. The minimum atomic E-state index is 0.615. The van der Waals surface area contributed by atoms with E-state index in [1.807, 2.05) is 60.7 Å². The van der Waals surface area contributed by atoms with E-state index in [4.69, 9.17) is 40.5 Å². The van der Waals surface area contributed by atoms with Crippen LogP contribution in [0.5, 0.6) is 0 Å². The number of nitrogens with zero attached hydrogens (tertiary/aromatic N) is 1. The third-order valence-corrected chi connectivity index (χ3v) is 4.61. The van der Waals surface area contributed by atoms with Crippen LogP contribution in [0.2, 0.25) is 15.1 Å². The van der Waals surface area contributed by atoms with Crippen molar-refractivity contribution < 1.29 is 0 Å². The number of hydrogen-bond acceptors (Lipinski definition) is 2. The molecular formula is C20H17Cl3N2. The number of halogens is 3. The van der Waals surface area contributed by atoms with Crippen LogP contribution in [0.1, 0.15) is 11.1 Å². The molecule has 3 aromatic rings. The molecule has 3 rings (SSSR count). The van der Waals surface area contributed by atoms with E-state index < -0.39 is 0 Å². The largest absolute Gasteiger partial charge is 0.399 e. The second-order valence-electron chi connectivity index (χ2n) is 5.83. The Hall–Kier alpha value is -1.87. The van der Waals surface area contributed by atoms with Gasteiger partial charge in [0.1, 0.15) is 0 Å². The Morgan fingerprint density at radius 1 is 0.720 bits per heavy atom. The van der Waals surface area contributed by atoms with Crippen LogP contribution in [0.4, 0.5) is 11.4 Å². The fraction of sp³-hybridized carbons (Fsp3) is 0.100. The summed E-state index contributed by atoms with van der Waals surface area (Å²) in [7, 11) is 0. The summed E-state index contributed by atoms with van der Waals surface area (Å²) in [6.07, 6.45) is 0. The molecule has 3 aromatic carbocycles. The van der Waals surface area contributed by atoms with E-state index in [1.54, 1.807) is 6.07 Å². The van der Waals surface area contributed by atoms with E-state index in [9.17, 15) is 0 Å². The Morgan fingerprint density at radius 2 is 1.28 bits per heavy atom. The van der Waals surface area contributed by atoms with Gasteiger partial charge in [-0.2, -0.15) is 0 Å². The Morgan fingerprint density at radius 3 is 1.76 bits per heavy atom. The molecule has 5 heteroatoms. The van der Waals surface area contributed by atoms with Crippen molar-refractivity contribution in [3.05, 3.63) is 92.9 Å². The minimum absolute atomic E-state index is 0.615. The minimum Gasteiger partial charge on any atom is -0.399 e.